The molecule has 0 bridgehead atoms. The van der Waals surface area contributed by atoms with E-state index in [0.29, 0.717) is 4.90 Å². The topological polar surface area (TPSA) is 82.2 Å². The lowest BCUT2D eigenvalue weighted by Gasteiger charge is -2.21. The van der Waals surface area contributed by atoms with Crippen LogP contribution in [-0.4, -0.2) is 19.0 Å². The SMILES string of the molecule is CNC(=O)N(C(=N)N)c1c(F)cccc1Cl. The molecule has 4 N–H and O–H groups in total. The van der Waals surface area contributed by atoms with E-state index in [9.17, 15) is 9.18 Å². The molecular weight excluding hydrogens is 235 g/mol. The summed E-state index contributed by atoms with van der Waals surface area (Å²) < 4.78 is 13.5. The largest absolute Gasteiger partial charge is 0.369 e. The van der Waals surface area contributed by atoms with Crippen LogP contribution in [-0.2, 0) is 0 Å². The molecule has 2 amide bonds. The first-order valence-corrected chi connectivity index (χ1v) is 4.66. The predicted molar refractivity (Wildman–Crippen MR) is 60.3 cm³/mol. The Hall–Kier alpha value is -1.82. The lowest BCUT2D eigenvalue weighted by atomic mass is 10.3. The van der Waals surface area contributed by atoms with Crippen molar-refractivity contribution in [1.29, 1.82) is 5.41 Å². The van der Waals surface area contributed by atoms with E-state index in [4.69, 9.17) is 22.7 Å². The maximum absolute atomic E-state index is 13.5. The van der Waals surface area contributed by atoms with Crippen LogP contribution >= 0.6 is 11.6 Å². The van der Waals surface area contributed by atoms with Gasteiger partial charge >= 0.3 is 6.03 Å². The Morgan fingerprint density at radius 1 is 1.62 bits per heavy atom. The minimum Gasteiger partial charge on any atom is -0.369 e. The lowest BCUT2D eigenvalue weighted by Crippen LogP contribution is -2.46. The highest BCUT2D eigenvalue weighted by Gasteiger charge is 2.23. The molecule has 5 nitrogen and oxygen atoms in total. The Labute approximate surface area is 96.5 Å². The minimum atomic E-state index is -0.737. The van der Waals surface area contributed by atoms with Gasteiger partial charge in [-0.2, -0.15) is 0 Å². The van der Waals surface area contributed by atoms with E-state index >= 15 is 0 Å². The molecule has 0 aliphatic carbocycles. The van der Waals surface area contributed by atoms with E-state index in [1.807, 2.05) is 0 Å². The molecule has 1 aromatic carbocycles. The highest BCUT2D eigenvalue weighted by molar-refractivity contribution is 6.35. The highest BCUT2D eigenvalue weighted by Crippen LogP contribution is 2.28. The molecule has 0 heterocycles. The fourth-order valence-electron chi connectivity index (χ4n) is 1.15. The molecule has 0 aromatic heterocycles. The molecule has 0 aliphatic heterocycles. The number of hydrogen-bond donors (Lipinski definition) is 3. The number of amides is 2. The summed E-state index contributed by atoms with van der Waals surface area (Å²) in [5.41, 5.74) is 4.97. The fourth-order valence-corrected chi connectivity index (χ4v) is 1.39. The molecular formula is C9H10ClFN4O. The van der Waals surface area contributed by atoms with Gasteiger partial charge in [0.1, 0.15) is 11.5 Å². The number of halogens is 2. The number of nitrogens with one attached hydrogen (secondary N) is 2. The van der Waals surface area contributed by atoms with Crippen LogP contribution in [0.3, 0.4) is 0 Å². The van der Waals surface area contributed by atoms with Gasteiger partial charge in [0.05, 0.1) is 5.02 Å². The molecule has 0 saturated heterocycles. The third kappa shape index (κ3) is 2.22. The average molecular weight is 245 g/mol. The normalized spacial score (nSPS) is 9.69. The van der Waals surface area contributed by atoms with Gasteiger partial charge in [-0.05, 0) is 12.1 Å². The number of anilines is 1. The van der Waals surface area contributed by atoms with E-state index in [0.717, 1.165) is 6.07 Å². The second-order valence-corrected chi connectivity index (χ2v) is 3.25. The zero-order valence-electron chi connectivity index (χ0n) is 8.42. The first kappa shape index (κ1) is 12.3. The van der Waals surface area contributed by atoms with Crippen molar-refractivity contribution in [3.63, 3.8) is 0 Å². The summed E-state index contributed by atoms with van der Waals surface area (Å²) in [6.07, 6.45) is 0. The Morgan fingerprint density at radius 3 is 2.69 bits per heavy atom. The number of guanidine groups is 1. The monoisotopic (exact) mass is 244 g/mol. The molecule has 0 unspecified atom stereocenters. The van der Waals surface area contributed by atoms with Crippen molar-refractivity contribution < 1.29 is 9.18 Å². The number of nitrogens with two attached hydrogens (primary N) is 1. The quantitative estimate of drug-likeness (QED) is 0.517. The van der Waals surface area contributed by atoms with Crippen molar-refractivity contribution >= 4 is 29.3 Å². The number of carbonyl (C=O) groups excluding carboxylic acids is 1. The zero-order valence-corrected chi connectivity index (χ0v) is 9.18. The van der Waals surface area contributed by atoms with Crippen molar-refractivity contribution in [2.45, 2.75) is 0 Å². The summed E-state index contributed by atoms with van der Waals surface area (Å²) in [6.45, 7) is 0. The lowest BCUT2D eigenvalue weighted by molar-refractivity contribution is 0.250. The van der Waals surface area contributed by atoms with E-state index in [1.165, 1.54) is 19.2 Å². The third-order valence-corrected chi connectivity index (χ3v) is 2.12. The summed E-state index contributed by atoms with van der Waals surface area (Å²) in [6, 6.07) is 3.18. The van der Waals surface area contributed by atoms with Gasteiger partial charge in [-0.15, -0.1) is 0 Å². The van der Waals surface area contributed by atoms with Gasteiger partial charge in [-0.25, -0.2) is 14.1 Å². The van der Waals surface area contributed by atoms with E-state index < -0.39 is 17.8 Å². The Bertz CT molecular complexity index is 417. The maximum atomic E-state index is 13.5. The van der Waals surface area contributed by atoms with Crippen LogP contribution in [0.4, 0.5) is 14.9 Å². The van der Waals surface area contributed by atoms with E-state index in [-0.39, 0.29) is 10.7 Å². The van der Waals surface area contributed by atoms with Gasteiger partial charge in [0.15, 0.2) is 0 Å². The van der Waals surface area contributed by atoms with Crippen molar-refractivity contribution in [2.75, 3.05) is 11.9 Å². The first-order chi connectivity index (χ1) is 7.49. The summed E-state index contributed by atoms with van der Waals surface area (Å²) >= 11 is 5.76. The Morgan fingerprint density at radius 2 is 2.25 bits per heavy atom. The number of para-hydroxylation sites is 1. The van der Waals surface area contributed by atoms with Crippen molar-refractivity contribution in [1.82, 2.24) is 5.32 Å². The summed E-state index contributed by atoms with van der Waals surface area (Å²) in [5.74, 6) is -1.35. The van der Waals surface area contributed by atoms with Crippen LogP contribution < -0.4 is 16.0 Å². The summed E-state index contributed by atoms with van der Waals surface area (Å²) in [7, 11) is 1.34. The number of urea groups is 1. The van der Waals surface area contributed by atoms with Crippen LogP contribution in [0.15, 0.2) is 18.2 Å². The van der Waals surface area contributed by atoms with E-state index in [1.54, 1.807) is 0 Å². The zero-order chi connectivity index (χ0) is 12.3. The van der Waals surface area contributed by atoms with Gasteiger partial charge in [0.25, 0.3) is 0 Å². The van der Waals surface area contributed by atoms with Crippen molar-refractivity contribution in [2.24, 2.45) is 5.73 Å². The molecule has 0 saturated carbocycles. The smallest absolute Gasteiger partial charge is 0.328 e. The molecule has 86 valence electrons. The maximum Gasteiger partial charge on any atom is 0.328 e. The first-order valence-electron chi connectivity index (χ1n) is 4.29. The predicted octanol–water partition coefficient (Wildman–Crippen LogP) is 1.52. The van der Waals surface area contributed by atoms with Gasteiger partial charge < -0.3 is 11.1 Å². The van der Waals surface area contributed by atoms with Crippen molar-refractivity contribution in [3.05, 3.63) is 29.0 Å². The Balaban J connectivity index is 3.32. The standard InChI is InChI=1S/C9H10ClFN4O/c1-14-9(16)15(8(12)13)7-5(10)3-2-4-6(7)11/h2-4H,1H3,(H3,12,13)(H,14,16). The second-order valence-electron chi connectivity index (χ2n) is 2.85. The van der Waals surface area contributed by atoms with Gasteiger partial charge in [0.2, 0.25) is 5.96 Å². The van der Waals surface area contributed by atoms with Crippen LogP contribution in [0.1, 0.15) is 0 Å². The molecule has 16 heavy (non-hydrogen) atoms. The minimum absolute atomic E-state index is 0.00111. The molecule has 7 heteroatoms. The number of nitrogens with zero attached hydrogens (tertiary/aromatic N) is 1. The molecule has 0 aliphatic rings. The Kier molecular flexibility index (Phi) is 3.68. The molecule has 1 rings (SSSR count). The number of benzene rings is 1. The molecule has 0 spiro atoms. The second kappa shape index (κ2) is 4.80. The van der Waals surface area contributed by atoms with Gasteiger partial charge in [-0.3, -0.25) is 5.41 Å². The van der Waals surface area contributed by atoms with Gasteiger partial charge in [-0.1, -0.05) is 17.7 Å². The van der Waals surface area contributed by atoms with Crippen LogP contribution in [0.5, 0.6) is 0 Å². The molecule has 0 atom stereocenters. The molecule has 1 aromatic rings. The van der Waals surface area contributed by atoms with Crippen LogP contribution in [0, 0.1) is 11.2 Å². The average Bonchev–Trinajstić information content (AvgIpc) is 2.22. The summed E-state index contributed by atoms with van der Waals surface area (Å²) in [5, 5.41) is 9.47. The van der Waals surface area contributed by atoms with Crippen molar-refractivity contribution in [3.8, 4) is 0 Å². The number of hydrogen-bond acceptors (Lipinski definition) is 2. The number of rotatable bonds is 1. The fraction of sp³-hybridized carbons (Fsp3) is 0.111. The van der Waals surface area contributed by atoms with Crippen LogP contribution in [0.25, 0.3) is 0 Å². The third-order valence-electron chi connectivity index (χ3n) is 1.82. The number of carbonyl (C=O) groups is 1. The highest BCUT2D eigenvalue weighted by atomic mass is 35.5. The molecule has 0 radical (unpaired) electrons. The van der Waals surface area contributed by atoms with Crippen LogP contribution in [0.2, 0.25) is 5.02 Å². The molecule has 0 fully saturated rings. The van der Waals surface area contributed by atoms with E-state index in [2.05, 4.69) is 5.32 Å². The van der Waals surface area contributed by atoms with Gasteiger partial charge in [0, 0.05) is 7.05 Å². The summed E-state index contributed by atoms with van der Waals surface area (Å²) in [4.78, 5) is 12.1.